The quantitative estimate of drug-likeness (QED) is 0.723. The zero-order chi connectivity index (χ0) is 17.9. The molecule has 0 aliphatic rings. The highest BCUT2D eigenvalue weighted by Gasteiger charge is 2.13. The van der Waals surface area contributed by atoms with E-state index >= 15 is 0 Å². The molecule has 25 heavy (non-hydrogen) atoms. The first-order valence-corrected chi connectivity index (χ1v) is 8.29. The third-order valence-corrected chi connectivity index (χ3v) is 4.01. The van der Waals surface area contributed by atoms with Crippen molar-refractivity contribution in [1.29, 1.82) is 0 Å². The lowest BCUT2D eigenvalue weighted by Gasteiger charge is -2.16. The van der Waals surface area contributed by atoms with Crippen molar-refractivity contribution in [3.63, 3.8) is 0 Å². The summed E-state index contributed by atoms with van der Waals surface area (Å²) >= 11 is 0. The molecule has 1 aromatic carbocycles. The van der Waals surface area contributed by atoms with E-state index in [1.54, 1.807) is 36.8 Å². The first-order valence-electron chi connectivity index (χ1n) is 8.29. The molecular weight excluding hydrogens is 316 g/mol. The molecule has 0 saturated heterocycles. The van der Waals surface area contributed by atoms with Crippen LogP contribution in [0.3, 0.4) is 0 Å². The van der Waals surface area contributed by atoms with Gasteiger partial charge in [-0.05, 0) is 50.5 Å². The highest BCUT2D eigenvalue weighted by Crippen LogP contribution is 2.14. The van der Waals surface area contributed by atoms with Crippen LogP contribution in [-0.4, -0.2) is 31.2 Å². The third-order valence-electron chi connectivity index (χ3n) is 4.01. The molecule has 6 heteroatoms. The van der Waals surface area contributed by atoms with Gasteiger partial charge in [-0.1, -0.05) is 12.1 Å². The second kappa shape index (κ2) is 7.03. The fourth-order valence-electron chi connectivity index (χ4n) is 2.60. The van der Waals surface area contributed by atoms with E-state index in [0.29, 0.717) is 18.5 Å². The Balaban J connectivity index is 1.65. The van der Waals surface area contributed by atoms with Crippen molar-refractivity contribution in [3.8, 4) is 0 Å². The van der Waals surface area contributed by atoms with Gasteiger partial charge >= 0.3 is 0 Å². The minimum absolute atomic E-state index is 0.139. The van der Waals surface area contributed by atoms with Gasteiger partial charge in [0.25, 0.3) is 5.91 Å². The van der Waals surface area contributed by atoms with Gasteiger partial charge in [-0.2, -0.15) is 5.10 Å². The van der Waals surface area contributed by atoms with Crippen LogP contribution in [0.1, 0.15) is 41.8 Å². The zero-order valence-electron chi connectivity index (χ0n) is 14.4. The molecule has 3 rings (SSSR count). The molecule has 0 aliphatic carbocycles. The molecule has 0 fully saturated rings. The average molecular weight is 338 g/mol. The van der Waals surface area contributed by atoms with Gasteiger partial charge in [-0.15, -0.1) is 0 Å². The number of carbonyl (C=O) groups is 1. The first-order chi connectivity index (χ1) is 11.9. The molecule has 0 saturated carbocycles. The molecule has 0 spiro atoms. The molecule has 0 bridgehead atoms. The molecule has 1 amide bonds. The van der Waals surface area contributed by atoms with Gasteiger partial charge in [0.15, 0.2) is 5.65 Å². The van der Waals surface area contributed by atoms with Crippen molar-refractivity contribution >= 4 is 11.6 Å². The monoisotopic (exact) mass is 338 g/mol. The van der Waals surface area contributed by atoms with Gasteiger partial charge in [-0.3, -0.25) is 4.79 Å². The highest BCUT2D eigenvalue weighted by atomic mass is 16.3. The summed E-state index contributed by atoms with van der Waals surface area (Å²) in [5, 5.41) is 17.0. The summed E-state index contributed by atoms with van der Waals surface area (Å²) in [7, 11) is 0. The van der Waals surface area contributed by atoms with E-state index in [-0.39, 0.29) is 5.91 Å². The summed E-state index contributed by atoms with van der Waals surface area (Å²) in [5.41, 5.74) is 2.54. The Morgan fingerprint density at radius 3 is 2.96 bits per heavy atom. The summed E-state index contributed by atoms with van der Waals surface area (Å²) in [6.45, 7) is 3.94. The maximum absolute atomic E-state index is 12.4. The summed E-state index contributed by atoms with van der Waals surface area (Å²) < 4.78 is 1.68. The van der Waals surface area contributed by atoms with E-state index < -0.39 is 5.60 Å². The minimum Gasteiger partial charge on any atom is -0.390 e. The molecule has 0 radical (unpaired) electrons. The number of amides is 1. The maximum atomic E-state index is 12.4. The second-order valence-electron chi connectivity index (χ2n) is 6.75. The average Bonchev–Trinajstić information content (AvgIpc) is 3.01. The van der Waals surface area contributed by atoms with Crippen LogP contribution in [0.25, 0.3) is 5.65 Å². The number of fused-ring (bicyclic) bond motifs is 1. The van der Waals surface area contributed by atoms with E-state index in [4.69, 9.17) is 0 Å². The summed E-state index contributed by atoms with van der Waals surface area (Å²) in [6, 6.07) is 9.30. The third kappa shape index (κ3) is 4.42. The maximum Gasteiger partial charge on any atom is 0.251 e. The molecule has 3 aromatic rings. The molecule has 2 aromatic heterocycles. The molecular formula is C19H22N4O2. The molecule has 2 N–H and O–H groups in total. The number of hydrogen-bond acceptors (Lipinski definition) is 4. The van der Waals surface area contributed by atoms with Crippen molar-refractivity contribution in [1.82, 2.24) is 19.9 Å². The number of benzene rings is 1. The van der Waals surface area contributed by atoms with E-state index in [0.717, 1.165) is 23.2 Å². The fraction of sp³-hybridized carbons (Fsp3) is 0.316. The largest absolute Gasteiger partial charge is 0.390 e. The number of aryl methyl sites for hydroxylation is 1. The van der Waals surface area contributed by atoms with Crippen LogP contribution in [0, 0.1) is 0 Å². The lowest BCUT2D eigenvalue weighted by Crippen LogP contribution is -2.23. The molecule has 0 atom stereocenters. The molecule has 0 aliphatic heterocycles. The number of hydrogen-bond donors (Lipinski definition) is 2. The van der Waals surface area contributed by atoms with Crippen LogP contribution in [0.2, 0.25) is 0 Å². The lowest BCUT2D eigenvalue weighted by atomic mass is 9.98. The van der Waals surface area contributed by atoms with Crippen molar-refractivity contribution < 1.29 is 9.90 Å². The molecule has 6 nitrogen and oxygen atoms in total. The normalized spacial score (nSPS) is 11.6. The number of aliphatic hydroxyl groups is 1. The van der Waals surface area contributed by atoms with Gasteiger partial charge < -0.3 is 10.4 Å². The molecule has 2 heterocycles. The van der Waals surface area contributed by atoms with E-state index in [2.05, 4.69) is 15.4 Å². The standard InChI is InChI=1S/C19H22N4O2/c1-19(2,25)8-7-14-5-3-6-15(11-14)18(24)21-12-16-13-22-23-10-4-9-20-17(16)23/h3-6,9-11,13,25H,7-8,12H2,1-2H3,(H,21,24). The minimum atomic E-state index is -0.714. The van der Waals surface area contributed by atoms with Gasteiger partial charge in [-0.25, -0.2) is 9.50 Å². The van der Waals surface area contributed by atoms with Crippen LogP contribution in [0.15, 0.2) is 48.9 Å². The zero-order valence-corrected chi connectivity index (χ0v) is 14.4. The Morgan fingerprint density at radius 2 is 2.16 bits per heavy atom. The summed E-state index contributed by atoms with van der Waals surface area (Å²) in [5.74, 6) is -0.139. The number of nitrogens with zero attached hydrogens (tertiary/aromatic N) is 3. The smallest absolute Gasteiger partial charge is 0.251 e. The van der Waals surface area contributed by atoms with Gasteiger partial charge in [0, 0.05) is 30.1 Å². The number of nitrogens with one attached hydrogen (secondary N) is 1. The van der Waals surface area contributed by atoms with Crippen LogP contribution in [0.5, 0.6) is 0 Å². The van der Waals surface area contributed by atoms with Gasteiger partial charge in [0.1, 0.15) is 0 Å². The Labute approximate surface area is 146 Å². The van der Waals surface area contributed by atoms with Crippen molar-refractivity contribution in [2.75, 3.05) is 0 Å². The van der Waals surface area contributed by atoms with E-state index in [1.807, 2.05) is 30.5 Å². The van der Waals surface area contributed by atoms with Gasteiger partial charge in [0.2, 0.25) is 0 Å². The summed E-state index contributed by atoms with van der Waals surface area (Å²) in [4.78, 5) is 16.7. The van der Waals surface area contributed by atoms with Gasteiger partial charge in [0.05, 0.1) is 11.8 Å². The first kappa shape index (κ1) is 17.1. The van der Waals surface area contributed by atoms with Crippen LogP contribution in [-0.2, 0) is 13.0 Å². The van der Waals surface area contributed by atoms with Crippen molar-refractivity contribution in [2.24, 2.45) is 0 Å². The molecule has 0 unspecified atom stereocenters. The van der Waals surface area contributed by atoms with Crippen molar-refractivity contribution in [2.45, 2.75) is 38.8 Å². The Kier molecular flexibility index (Phi) is 4.81. The number of aromatic nitrogens is 3. The predicted molar refractivity (Wildman–Crippen MR) is 95.2 cm³/mol. The van der Waals surface area contributed by atoms with Crippen LogP contribution in [0.4, 0.5) is 0 Å². The van der Waals surface area contributed by atoms with Crippen LogP contribution < -0.4 is 5.32 Å². The molecule has 130 valence electrons. The highest BCUT2D eigenvalue weighted by molar-refractivity contribution is 5.94. The number of rotatable bonds is 6. The Morgan fingerprint density at radius 1 is 1.32 bits per heavy atom. The fourth-order valence-corrected chi connectivity index (χ4v) is 2.60. The lowest BCUT2D eigenvalue weighted by molar-refractivity contribution is 0.0714. The van der Waals surface area contributed by atoms with E-state index in [9.17, 15) is 9.90 Å². The number of carbonyl (C=O) groups excluding carboxylic acids is 1. The van der Waals surface area contributed by atoms with Crippen LogP contribution >= 0.6 is 0 Å². The summed E-state index contributed by atoms with van der Waals surface area (Å²) in [6.07, 6.45) is 6.60. The SMILES string of the molecule is CC(C)(O)CCc1cccc(C(=O)NCc2cnn3cccnc23)c1. The van der Waals surface area contributed by atoms with E-state index in [1.165, 1.54) is 0 Å². The topological polar surface area (TPSA) is 79.5 Å². The Bertz CT molecular complexity index is 880. The van der Waals surface area contributed by atoms with Crippen molar-refractivity contribution in [3.05, 3.63) is 65.6 Å². The Hall–Kier alpha value is -2.73. The predicted octanol–water partition coefficient (Wildman–Crippen LogP) is 2.36. The second-order valence-corrected chi connectivity index (χ2v) is 6.75.